The molecule has 1 aliphatic heterocycles. The van der Waals surface area contributed by atoms with Crippen molar-refractivity contribution in [3.63, 3.8) is 0 Å². The van der Waals surface area contributed by atoms with Crippen LogP contribution in [-0.2, 0) is 29.3 Å². The summed E-state index contributed by atoms with van der Waals surface area (Å²) in [5, 5.41) is 0. The lowest BCUT2D eigenvalue weighted by Crippen LogP contribution is -2.40. The van der Waals surface area contributed by atoms with Gasteiger partial charge in [0.2, 0.25) is 10.0 Å². The van der Waals surface area contributed by atoms with E-state index in [0.717, 1.165) is 0 Å². The topological polar surface area (TPSA) is 107 Å². The molecule has 0 radical (unpaired) electrons. The average Bonchev–Trinajstić information content (AvgIpc) is 2.55. The molecule has 1 aromatic rings. The van der Waals surface area contributed by atoms with E-state index in [4.69, 9.17) is 16.3 Å². The van der Waals surface area contributed by atoms with Gasteiger partial charge in [-0.25, -0.2) is 21.6 Å². The number of hydrogen-bond donors (Lipinski definition) is 0. The highest BCUT2D eigenvalue weighted by atomic mass is 35.5. The van der Waals surface area contributed by atoms with Crippen molar-refractivity contribution in [2.75, 3.05) is 38.7 Å². The Labute approximate surface area is 145 Å². The van der Waals surface area contributed by atoms with Crippen molar-refractivity contribution in [2.24, 2.45) is 0 Å². The molecule has 0 aromatic heterocycles. The molecule has 8 nitrogen and oxygen atoms in total. The summed E-state index contributed by atoms with van der Waals surface area (Å²) in [6.07, 6.45) is 0. The Morgan fingerprint density at radius 3 is 2.17 bits per heavy atom. The second-order valence-electron chi connectivity index (χ2n) is 4.89. The van der Waals surface area contributed by atoms with E-state index in [9.17, 15) is 21.6 Å². The molecule has 0 atom stereocenters. The smallest absolute Gasteiger partial charge is 0.403 e. The second kappa shape index (κ2) is 7.79. The van der Waals surface area contributed by atoms with Gasteiger partial charge in [0.15, 0.2) is 9.84 Å². The zero-order valence-corrected chi connectivity index (χ0v) is 14.9. The zero-order chi connectivity index (χ0) is 17.8. The minimum atomic E-state index is -3.71. The Morgan fingerprint density at radius 1 is 1.08 bits per heavy atom. The third-order valence-electron chi connectivity index (χ3n) is 3.36. The number of rotatable bonds is 6. The molecule has 0 unspecified atom stereocenters. The third-order valence-corrected chi connectivity index (χ3v) is 7.07. The molecule has 1 fully saturated rings. The van der Waals surface area contributed by atoms with Gasteiger partial charge in [0.1, 0.15) is 6.61 Å². The molecule has 0 aliphatic carbocycles. The predicted molar refractivity (Wildman–Crippen MR) is 85.3 cm³/mol. The van der Waals surface area contributed by atoms with Gasteiger partial charge in [-0.15, -0.1) is 0 Å². The van der Waals surface area contributed by atoms with E-state index in [2.05, 4.69) is 4.74 Å². The van der Waals surface area contributed by atoms with Crippen molar-refractivity contribution in [2.45, 2.75) is 9.79 Å². The number of carbonyl (C=O) groups is 1. The third kappa shape index (κ3) is 4.67. The first-order valence-electron chi connectivity index (χ1n) is 6.96. The van der Waals surface area contributed by atoms with E-state index in [1.54, 1.807) is 0 Å². The van der Waals surface area contributed by atoms with Crippen LogP contribution in [0.4, 0.5) is 4.79 Å². The van der Waals surface area contributed by atoms with E-state index in [1.807, 2.05) is 0 Å². The molecule has 0 amide bonds. The van der Waals surface area contributed by atoms with Gasteiger partial charge in [-0.2, -0.15) is 4.31 Å². The molecule has 0 N–H and O–H groups in total. The van der Waals surface area contributed by atoms with Crippen LogP contribution >= 0.6 is 11.6 Å². The highest BCUT2D eigenvalue weighted by Gasteiger charge is 2.26. The molecule has 134 valence electrons. The summed E-state index contributed by atoms with van der Waals surface area (Å²) in [5.74, 6) is -0.443. The van der Waals surface area contributed by atoms with Crippen molar-refractivity contribution in [3.8, 4) is 0 Å². The second-order valence-corrected chi connectivity index (χ2v) is 9.25. The lowest BCUT2D eigenvalue weighted by molar-refractivity contribution is 0.0730. The molecule has 2 rings (SSSR count). The number of nitrogens with zero attached hydrogens (tertiary/aromatic N) is 1. The normalized spacial score (nSPS) is 16.7. The monoisotopic (exact) mass is 397 g/mol. The Hall–Kier alpha value is -1.20. The summed E-state index contributed by atoms with van der Waals surface area (Å²) in [7, 11) is -7.39. The molecule has 1 aromatic carbocycles. The summed E-state index contributed by atoms with van der Waals surface area (Å²) >= 11 is 4.96. The molecular weight excluding hydrogens is 382 g/mol. The number of benzene rings is 1. The van der Waals surface area contributed by atoms with Gasteiger partial charge in [0, 0.05) is 24.7 Å². The van der Waals surface area contributed by atoms with Gasteiger partial charge in [-0.1, -0.05) is 0 Å². The van der Waals surface area contributed by atoms with Crippen molar-refractivity contribution in [1.29, 1.82) is 0 Å². The lowest BCUT2D eigenvalue weighted by Gasteiger charge is -2.26. The first-order chi connectivity index (χ1) is 11.2. The van der Waals surface area contributed by atoms with Gasteiger partial charge < -0.3 is 9.47 Å². The number of hydrogen-bond acceptors (Lipinski definition) is 7. The fourth-order valence-electron chi connectivity index (χ4n) is 2.10. The number of ether oxygens (including phenoxy) is 2. The molecule has 1 saturated heterocycles. The molecule has 1 aliphatic rings. The predicted octanol–water partition coefficient (Wildman–Crippen LogP) is 0.857. The van der Waals surface area contributed by atoms with Crippen LogP contribution in [0.1, 0.15) is 0 Å². The van der Waals surface area contributed by atoms with Gasteiger partial charge in [0.05, 0.1) is 28.8 Å². The van der Waals surface area contributed by atoms with Crippen LogP contribution in [-0.4, -0.2) is 65.2 Å². The Balaban J connectivity index is 2.13. The largest absolute Gasteiger partial charge is 0.453 e. The van der Waals surface area contributed by atoms with Crippen molar-refractivity contribution in [3.05, 3.63) is 24.3 Å². The van der Waals surface area contributed by atoms with Crippen molar-refractivity contribution < 1.29 is 31.1 Å². The standard InChI is InChI=1S/C13H16ClNO7S2/c14-13(16)22-9-10-23(17,18)11-1-3-12(4-2-11)24(19,20)15-5-7-21-8-6-15/h1-4H,5-10H2. The summed E-state index contributed by atoms with van der Waals surface area (Å²) in [5.41, 5.74) is -1.09. The quantitative estimate of drug-likeness (QED) is 0.655. The highest BCUT2D eigenvalue weighted by molar-refractivity contribution is 7.91. The van der Waals surface area contributed by atoms with Gasteiger partial charge in [-0.05, 0) is 24.3 Å². The summed E-state index contributed by atoms with van der Waals surface area (Å²) < 4.78 is 59.8. The van der Waals surface area contributed by atoms with Crippen LogP contribution in [0.15, 0.2) is 34.1 Å². The van der Waals surface area contributed by atoms with Gasteiger partial charge in [0.25, 0.3) is 0 Å². The number of morpholine rings is 1. The van der Waals surface area contributed by atoms with E-state index in [0.29, 0.717) is 13.2 Å². The first kappa shape index (κ1) is 19.1. The maximum atomic E-state index is 12.4. The van der Waals surface area contributed by atoms with Crippen molar-refractivity contribution in [1.82, 2.24) is 4.31 Å². The molecule has 1 heterocycles. The Morgan fingerprint density at radius 2 is 1.62 bits per heavy atom. The average molecular weight is 398 g/mol. The molecule has 0 bridgehead atoms. The Kier molecular flexibility index (Phi) is 6.21. The maximum Gasteiger partial charge on any atom is 0.403 e. The molecular formula is C13H16ClNO7S2. The number of sulfone groups is 1. The number of carbonyl (C=O) groups excluding carboxylic acids is 1. The van der Waals surface area contributed by atoms with Crippen LogP contribution < -0.4 is 0 Å². The molecule has 24 heavy (non-hydrogen) atoms. The molecule has 0 saturated carbocycles. The molecule has 0 spiro atoms. The van der Waals surface area contributed by atoms with E-state index < -0.39 is 31.0 Å². The fraction of sp³-hybridized carbons (Fsp3) is 0.462. The maximum absolute atomic E-state index is 12.4. The van der Waals surface area contributed by atoms with Crippen molar-refractivity contribution >= 4 is 36.9 Å². The van der Waals surface area contributed by atoms with E-state index in [1.165, 1.54) is 28.6 Å². The fourth-order valence-corrected chi connectivity index (χ4v) is 4.68. The zero-order valence-electron chi connectivity index (χ0n) is 12.6. The minimum absolute atomic E-state index is 0.00976. The van der Waals surface area contributed by atoms with E-state index in [-0.39, 0.29) is 29.5 Å². The summed E-state index contributed by atoms with van der Waals surface area (Å²) in [6.45, 7) is 0.785. The SMILES string of the molecule is O=C(Cl)OCCS(=O)(=O)c1ccc(S(=O)(=O)N2CCOCC2)cc1. The number of halogens is 1. The molecule has 11 heteroatoms. The van der Waals surface area contributed by atoms with Crippen LogP contribution in [0.3, 0.4) is 0 Å². The summed E-state index contributed by atoms with van der Waals surface area (Å²) in [4.78, 5) is 10.4. The lowest BCUT2D eigenvalue weighted by atomic mass is 10.4. The van der Waals surface area contributed by atoms with Crippen LogP contribution in [0.25, 0.3) is 0 Å². The highest BCUT2D eigenvalue weighted by Crippen LogP contribution is 2.20. The number of sulfonamides is 1. The van der Waals surface area contributed by atoms with Crippen LogP contribution in [0, 0.1) is 0 Å². The summed E-state index contributed by atoms with van der Waals surface area (Å²) in [6, 6.07) is 4.91. The first-order valence-corrected chi connectivity index (χ1v) is 10.4. The van der Waals surface area contributed by atoms with Gasteiger partial charge >= 0.3 is 5.43 Å². The minimum Gasteiger partial charge on any atom is -0.453 e. The van der Waals surface area contributed by atoms with Crippen LogP contribution in [0.2, 0.25) is 0 Å². The Bertz CT molecular complexity index is 784. The van der Waals surface area contributed by atoms with E-state index >= 15 is 0 Å². The van der Waals surface area contributed by atoms with Crippen LogP contribution in [0.5, 0.6) is 0 Å². The van der Waals surface area contributed by atoms with Gasteiger partial charge in [-0.3, -0.25) is 0 Å².